The summed E-state index contributed by atoms with van der Waals surface area (Å²) < 4.78 is 5.46. The molecule has 2 bridgehead atoms. The zero-order valence-electron chi connectivity index (χ0n) is 8.82. The van der Waals surface area contributed by atoms with Crippen LogP contribution >= 0.6 is 11.6 Å². The summed E-state index contributed by atoms with van der Waals surface area (Å²) in [7, 11) is 0. The summed E-state index contributed by atoms with van der Waals surface area (Å²) in [5.41, 5.74) is 0. The van der Waals surface area contributed by atoms with Gasteiger partial charge in [-0.05, 0) is 49.9 Å². The number of fused-ring (bicyclic) bond motifs is 5. The normalized spacial score (nSPS) is 46.9. The minimum Gasteiger partial charge on any atom is -0.461 e. The number of carbonyl (C=O) groups is 1. The Morgan fingerprint density at radius 2 is 2.00 bits per heavy atom. The molecule has 2 nitrogen and oxygen atoms in total. The van der Waals surface area contributed by atoms with Gasteiger partial charge in [0, 0.05) is 5.92 Å². The molecule has 0 aromatic heterocycles. The van der Waals surface area contributed by atoms with Crippen LogP contribution in [0.3, 0.4) is 0 Å². The van der Waals surface area contributed by atoms with E-state index in [1.54, 1.807) is 0 Å². The molecule has 3 aliphatic carbocycles. The number of esters is 1. The first kappa shape index (κ1) is 9.95. The quantitative estimate of drug-likeness (QED) is 0.537. The summed E-state index contributed by atoms with van der Waals surface area (Å²) >= 11 is 5.48. The van der Waals surface area contributed by atoms with Gasteiger partial charge in [0.2, 0.25) is 0 Å². The van der Waals surface area contributed by atoms with Crippen LogP contribution in [-0.2, 0) is 9.53 Å². The van der Waals surface area contributed by atoms with E-state index in [9.17, 15) is 4.79 Å². The summed E-state index contributed by atoms with van der Waals surface area (Å²) in [5, 5.41) is 0. The summed E-state index contributed by atoms with van der Waals surface area (Å²) in [5.74, 6) is 3.09. The highest BCUT2D eigenvalue weighted by Crippen LogP contribution is 2.59. The van der Waals surface area contributed by atoms with E-state index < -0.39 is 0 Å². The Bertz CT molecular complexity index is 279. The van der Waals surface area contributed by atoms with Gasteiger partial charge in [0.15, 0.2) is 0 Å². The second-order valence-electron chi connectivity index (χ2n) is 5.31. The van der Waals surface area contributed by atoms with Gasteiger partial charge in [-0.3, -0.25) is 4.79 Å². The van der Waals surface area contributed by atoms with Crippen LogP contribution in [0.5, 0.6) is 0 Å². The van der Waals surface area contributed by atoms with Crippen molar-refractivity contribution >= 4 is 17.6 Å². The van der Waals surface area contributed by atoms with Gasteiger partial charge in [-0.2, -0.15) is 0 Å². The topological polar surface area (TPSA) is 26.3 Å². The molecule has 3 saturated carbocycles. The first-order chi connectivity index (χ1) is 7.29. The second-order valence-corrected chi connectivity index (χ2v) is 5.58. The summed E-state index contributed by atoms with van der Waals surface area (Å²) in [4.78, 5) is 11.2. The Morgan fingerprint density at radius 3 is 2.80 bits per heavy atom. The average Bonchev–Trinajstić information content (AvgIpc) is 2.89. The lowest BCUT2D eigenvalue weighted by atomic mass is 9.81. The van der Waals surface area contributed by atoms with Crippen molar-refractivity contribution in [2.45, 2.75) is 38.2 Å². The lowest BCUT2D eigenvalue weighted by Gasteiger charge is -2.28. The minimum absolute atomic E-state index is 0.00197. The molecule has 0 amide bonds. The van der Waals surface area contributed by atoms with E-state index >= 15 is 0 Å². The fourth-order valence-electron chi connectivity index (χ4n) is 4.35. The minimum atomic E-state index is -0.231. The Hall–Kier alpha value is -0.240. The van der Waals surface area contributed by atoms with E-state index in [4.69, 9.17) is 16.3 Å². The third kappa shape index (κ3) is 1.49. The van der Waals surface area contributed by atoms with E-state index in [2.05, 4.69) is 0 Å². The number of alkyl halides is 1. The third-order valence-corrected chi connectivity index (χ3v) is 4.98. The van der Waals surface area contributed by atoms with Crippen molar-refractivity contribution < 1.29 is 9.53 Å². The van der Waals surface area contributed by atoms with Gasteiger partial charge in [-0.25, -0.2) is 0 Å². The van der Waals surface area contributed by atoms with Crippen LogP contribution in [0.2, 0.25) is 0 Å². The van der Waals surface area contributed by atoms with Gasteiger partial charge in [0.25, 0.3) is 0 Å². The fraction of sp³-hybridized carbons (Fsp3) is 0.917. The SMILES string of the molecule is O=C(CCl)O[C@@H]1CC[C@H]2[C@H]3CC[C@@H](C3)[C@@H]21. The largest absolute Gasteiger partial charge is 0.461 e. The maximum atomic E-state index is 11.2. The van der Waals surface area contributed by atoms with Crippen LogP contribution < -0.4 is 0 Å². The Labute approximate surface area is 95.3 Å². The number of halogens is 1. The summed E-state index contributed by atoms with van der Waals surface area (Å²) in [6.07, 6.45) is 6.71. The van der Waals surface area contributed by atoms with E-state index in [0.29, 0.717) is 5.92 Å². The molecule has 84 valence electrons. The molecular weight excluding hydrogens is 212 g/mol. The zero-order chi connectivity index (χ0) is 10.4. The molecule has 3 rings (SSSR count). The maximum absolute atomic E-state index is 11.2. The van der Waals surface area contributed by atoms with E-state index in [-0.39, 0.29) is 18.0 Å². The Kier molecular flexibility index (Phi) is 2.42. The number of hydrogen-bond acceptors (Lipinski definition) is 2. The first-order valence-corrected chi connectivity index (χ1v) is 6.58. The molecule has 0 spiro atoms. The van der Waals surface area contributed by atoms with Crippen molar-refractivity contribution in [3.63, 3.8) is 0 Å². The summed E-state index contributed by atoms with van der Waals surface area (Å²) in [6, 6.07) is 0. The van der Waals surface area contributed by atoms with Gasteiger partial charge in [0.05, 0.1) is 0 Å². The third-order valence-electron chi connectivity index (χ3n) is 4.76. The summed E-state index contributed by atoms with van der Waals surface area (Å²) in [6.45, 7) is 0. The van der Waals surface area contributed by atoms with Crippen molar-refractivity contribution in [1.29, 1.82) is 0 Å². The number of rotatable bonds is 2. The van der Waals surface area contributed by atoms with Crippen molar-refractivity contribution in [1.82, 2.24) is 0 Å². The van der Waals surface area contributed by atoms with Crippen molar-refractivity contribution in [3.05, 3.63) is 0 Å². The van der Waals surface area contributed by atoms with Crippen molar-refractivity contribution in [3.8, 4) is 0 Å². The average molecular weight is 229 g/mol. The van der Waals surface area contributed by atoms with Crippen LogP contribution in [0.1, 0.15) is 32.1 Å². The molecule has 0 aromatic rings. The predicted octanol–water partition coefficient (Wildman–Crippen LogP) is 2.59. The highest BCUT2D eigenvalue weighted by molar-refractivity contribution is 6.26. The lowest BCUT2D eigenvalue weighted by Crippen LogP contribution is -2.29. The second kappa shape index (κ2) is 3.65. The lowest BCUT2D eigenvalue weighted by molar-refractivity contribution is -0.148. The van der Waals surface area contributed by atoms with Crippen LogP contribution in [0.4, 0.5) is 0 Å². The number of carbonyl (C=O) groups excluding carboxylic acids is 1. The molecule has 0 unspecified atom stereocenters. The predicted molar refractivity (Wildman–Crippen MR) is 57.6 cm³/mol. The molecule has 5 atom stereocenters. The Balaban J connectivity index is 1.70. The smallest absolute Gasteiger partial charge is 0.321 e. The van der Waals surface area contributed by atoms with Crippen molar-refractivity contribution in [2.24, 2.45) is 23.7 Å². The molecule has 0 heterocycles. The van der Waals surface area contributed by atoms with Gasteiger partial charge < -0.3 is 4.74 Å². The van der Waals surface area contributed by atoms with Gasteiger partial charge in [-0.15, -0.1) is 11.6 Å². The van der Waals surface area contributed by atoms with Crippen LogP contribution in [0, 0.1) is 23.7 Å². The van der Waals surface area contributed by atoms with E-state index in [1.807, 2.05) is 0 Å². The standard InChI is InChI=1S/C12H17ClO2/c13-6-11(14)15-10-4-3-9-7-1-2-8(5-7)12(9)10/h7-10,12H,1-6H2/t7-,8-,9-,10+,12-/m0/s1. The maximum Gasteiger partial charge on any atom is 0.321 e. The van der Waals surface area contributed by atoms with Crippen LogP contribution in [-0.4, -0.2) is 18.0 Å². The highest BCUT2D eigenvalue weighted by Gasteiger charge is 2.54. The molecule has 0 aromatic carbocycles. The number of ether oxygens (including phenoxy) is 1. The molecular formula is C12H17ClO2. The van der Waals surface area contributed by atoms with Crippen molar-refractivity contribution in [2.75, 3.05) is 5.88 Å². The van der Waals surface area contributed by atoms with Gasteiger partial charge in [0.1, 0.15) is 12.0 Å². The molecule has 0 N–H and O–H groups in total. The molecule has 3 fully saturated rings. The highest BCUT2D eigenvalue weighted by atomic mass is 35.5. The molecule has 0 saturated heterocycles. The monoisotopic (exact) mass is 228 g/mol. The van der Waals surface area contributed by atoms with E-state index in [1.165, 1.54) is 25.7 Å². The molecule has 0 radical (unpaired) electrons. The molecule has 3 heteroatoms. The molecule has 0 aliphatic heterocycles. The van der Waals surface area contributed by atoms with Gasteiger partial charge >= 0.3 is 5.97 Å². The Morgan fingerprint density at radius 1 is 1.20 bits per heavy atom. The molecule has 15 heavy (non-hydrogen) atoms. The van der Waals surface area contributed by atoms with Crippen LogP contribution in [0.15, 0.2) is 0 Å². The zero-order valence-corrected chi connectivity index (χ0v) is 9.58. The van der Waals surface area contributed by atoms with Gasteiger partial charge in [-0.1, -0.05) is 0 Å². The number of hydrogen-bond donors (Lipinski definition) is 0. The van der Waals surface area contributed by atoms with E-state index in [0.717, 1.165) is 24.2 Å². The fourth-order valence-corrected chi connectivity index (χ4v) is 4.41. The van der Waals surface area contributed by atoms with Crippen LogP contribution in [0.25, 0.3) is 0 Å². The first-order valence-electron chi connectivity index (χ1n) is 6.05. The molecule has 3 aliphatic rings.